The van der Waals surface area contributed by atoms with Gasteiger partial charge in [-0.15, -0.1) is 5.10 Å². The quantitative estimate of drug-likeness (QED) is 0.578. The lowest BCUT2D eigenvalue weighted by Crippen LogP contribution is -2.36. The van der Waals surface area contributed by atoms with Gasteiger partial charge in [-0.25, -0.2) is 4.79 Å². The van der Waals surface area contributed by atoms with Gasteiger partial charge in [-0.3, -0.25) is 4.79 Å². The molecular formula is C6H7N3O4S. The van der Waals surface area contributed by atoms with Crippen LogP contribution in [-0.2, 0) is 4.79 Å². The third-order valence-corrected chi connectivity index (χ3v) is 1.84. The van der Waals surface area contributed by atoms with Crippen LogP contribution in [0, 0.1) is 0 Å². The van der Waals surface area contributed by atoms with Gasteiger partial charge < -0.3 is 15.5 Å². The number of aliphatic hydroxyl groups excluding tert-OH is 1. The van der Waals surface area contributed by atoms with Crippen molar-refractivity contribution in [1.29, 1.82) is 0 Å². The van der Waals surface area contributed by atoms with Crippen LogP contribution in [0.5, 0.6) is 0 Å². The molecule has 76 valence electrons. The minimum absolute atomic E-state index is 0.104. The molecule has 7 nitrogen and oxygen atoms in total. The van der Waals surface area contributed by atoms with E-state index in [4.69, 9.17) is 10.2 Å². The fourth-order valence-electron chi connectivity index (χ4n) is 0.631. The Morgan fingerprint density at radius 2 is 2.36 bits per heavy atom. The van der Waals surface area contributed by atoms with Gasteiger partial charge in [0.15, 0.2) is 11.8 Å². The minimum atomic E-state index is -1.61. The Hall–Kier alpha value is -1.54. The molecule has 0 saturated carbocycles. The lowest BCUT2D eigenvalue weighted by atomic mass is 10.3. The zero-order chi connectivity index (χ0) is 10.6. The number of aliphatic carboxylic acids is 1. The molecule has 0 spiro atoms. The van der Waals surface area contributed by atoms with E-state index >= 15 is 0 Å². The molecule has 3 N–H and O–H groups in total. The molecule has 0 aliphatic heterocycles. The third kappa shape index (κ3) is 2.75. The SMILES string of the molecule is O=C(NCC(O)C(=O)O)c1csnn1. The van der Waals surface area contributed by atoms with E-state index in [1.807, 2.05) is 0 Å². The Labute approximate surface area is 82.5 Å². The first-order valence-corrected chi connectivity index (χ1v) is 4.41. The van der Waals surface area contributed by atoms with Crippen LogP contribution in [0.4, 0.5) is 0 Å². The maximum Gasteiger partial charge on any atom is 0.334 e. The number of amides is 1. The Morgan fingerprint density at radius 1 is 1.64 bits per heavy atom. The Balaban J connectivity index is 2.40. The summed E-state index contributed by atoms with van der Waals surface area (Å²) in [4.78, 5) is 21.3. The molecular weight excluding hydrogens is 210 g/mol. The molecule has 1 aromatic rings. The number of carbonyl (C=O) groups excluding carboxylic acids is 1. The van der Waals surface area contributed by atoms with Crippen molar-refractivity contribution >= 4 is 23.4 Å². The number of carboxylic acid groups (broad SMARTS) is 1. The monoisotopic (exact) mass is 217 g/mol. The van der Waals surface area contributed by atoms with Gasteiger partial charge in [0, 0.05) is 5.38 Å². The number of nitrogens with zero attached hydrogens (tertiary/aromatic N) is 2. The molecule has 8 heteroatoms. The second-order valence-corrected chi connectivity index (χ2v) is 2.96. The van der Waals surface area contributed by atoms with Crippen LogP contribution in [0.1, 0.15) is 10.5 Å². The predicted molar refractivity (Wildman–Crippen MR) is 45.9 cm³/mol. The normalized spacial score (nSPS) is 12.1. The van der Waals surface area contributed by atoms with Gasteiger partial charge in [0.25, 0.3) is 5.91 Å². The van der Waals surface area contributed by atoms with Gasteiger partial charge in [0.1, 0.15) is 0 Å². The summed E-state index contributed by atoms with van der Waals surface area (Å²) < 4.78 is 3.46. The largest absolute Gasteiger partial charge is 0.479 e. The molecule has 1 unspecified atom stereocenters. The Kier molecular flexibility index (Phi) is 3.48. The van der Waals surface area contributed by atoms with Crippen molar-refractivity contribution < 1.29 is 19.8 Å². The first-order valence-electron chi connectivity index (χ1n) is 3.57. The molecule has 1 amide bonds. The molecule has 1 aromatic heterocycles. The van der Waals surface area contributed by atoms with E-state index in [9.17, 15) is 9.59 Å². The molecule has 0 radical (unpaired) electrons. The van der Waals surface area contributed by atoms with Gasteiger partial charge in [-0.05, 0) is 11.5 Å². The molecule has 0 aromatic carbocycles. The van der Waals surface area contributed by atoms with E-state index in [0.29, 0.717) is 0 Å². The lowest BCUT2D eigenvalue weighted by Gasteiger charge is -2.05. The Morgan fingerprint density at radius 3 is 2.86 bits per heavy atom. The number of aromatic nitrogens is 2. The van der Waals surface area contributed by atoms with E-state index in [0.717, 1.165) is 11.5 Å². The predicted octanol–water partition coefficient (Wildman–Crippen LogP) is -1.29. The van der Waals surface area contributed by atoms with E-state index in [-0.39, 0.29) is 12.2 Å². The van der Waals surface area contributed by atoms with Crippen molar-refractivity contribution in [3.8, 4) is 0 Å². The smallest absolute Gasteiger partial charge is 0.334 e. The van der Waals surface area contributed by atoms with Crippen LogP contribution in [0.2, 0.25) is 0 Å². The number of rotatable bonds is 4. The van der Waals surface area contributed by atoms with Crippen LogP contribution in [0.3, 0.4) is 0 Å². The van der Waals surface area contributed by atoms with Crippen molar-refractivity contribution in [2.45, 2.75) is 6.10 Å². The molecule has 1 rings (SSSR count). The number of carbonyl (C=O) groups is 2. The highest BCUT2D eigenvalue weighted by molar-refractivity contribution is 7.03. The van der Waals surface area contributed by atoms with Crippen molar-refractivity contribution in [3.63, 3.8) is 0 Å². The standard InChI is InChI=1S/C6H7N3O4S/c10-4(6(12)13)1-7-5(11)3-2-14-9-8-3/h2,4,10H,1H2,(H,7,11)(H,12,13). The minimum Gasteiger partial charge on any atom is -0.479 e. The molecule has 0 saturated heterocycles. The van der Waals surface area contributed by atoms with E-state index in [2.05, 4.69) is 14.9 Å². The first-order chi connectivity index (χ1) is 6.61. The van der Waals surface area contributed by atoms with Crippen molar-refractivity contribution in [1.82, 2.24) is 14.9 Å². The zero-order valence-electron chi connectivity index (χ0n) is 6.88. The maximum atomic E-state index is 11.1. The topological polar surface area (TPSA) is 112 Å². The molecule has 0 aliphatic rings. The second-order valence-electron chi connectivity index (χ2n) is 2.35. The van der Waals surface area contributed by atoms with Crippen molar-refractivity contribution in [3.05, 3.63) is 11.1 Å². The average molecular weight is 217 g/mol. The van der Waals surface area contributed by atoms with Gasteiger partial charge in [0.05, 0.1) is 6.54 Å². The van der Waals surface area contributed by atoms with Crippen LogP contribution >= 0.6 is 11.5 Å². The van der Waals surface area contributed by atoms with E-state index in [1.54, 1.807) is 0 Å². The van der Waals surface area contributed by atoms with Crippen LogP contribution in [0.25, 0.3) is 0 Å². The van der Waals surface area contributed by atoms with Gasteiger partial charge in [-0.2, -0.15) is 0 Å². The molecule has 0 fully saturated rings. The van der Waals surface area contributed by atoms with E-state index < -0.39 is 18.0 Å². The van der Waals surface area contributed by atoms with Crippen molar-refractivity contribution in [2.75, 3.05) is 6.54 Å². The first kappa shape index (κ1) is 10.5. The molecule has 1 heterocycles. The van der Waals surface area contributed by atoms with Gasteiger partial charge in [0.2, 0.25) is 0 Å². The molecule has 0 aliphatic carbocycles. The highest BCUT2D eigenvalue weighted by Crippen LogP contribution is 1.96. The molecule has 0 bridgehead atoms. The number of nitrogens with one attached hydrogen (secondary N) is 1. The molecule has 14 heavy (non-hydrogen) atoms. The average Bonchev–Trinajstić information content (AvgIpc) is 2.66. The fourth-order valence-corrected chi connectivity index (χ4v) is 1.07. The molecule has 1 atom stereocenters. The summed E-state index contributed by atoms with van der Waals surface area (Å²) in [7, 11) is 0. The second kappa shape index (κ2) is 4.63. The van der Waals surface area contributed by atoms with Gasteiger partial charge in [-0.1, -0.05) is 4.49 Å². The van der Waals surface area contributed by atoms with Crippen LogP contribution in [-0.4, -0.2) is 44.3 Å². The highest BCUT2D eigenvalue weighted by Gasteiger charge is 2.15. The van der Waals surface area contributed by atoms with Crippen molar-refractivity contribution in [2.24, 2.45) is 0 Å². The summed E-state index contributed by atoms with van der Waals surface area (Å²) in [5, 5.41) is 24.2. The summed E-state index contributed by atoms with van der Waals surface area (Å²) in [6.07, 6.45) is -1.61. The number of hydrogen-bond acceptors (Lipinski definition) is 6. The van der Waals surface area contributed by atoms with Crippen LogP contribution in [0.15, 0.2) is 5.38 Å². The van der Waals surface area contributed by atoms with E-state index in [1.165, 1.54) is 5.38 Å². The summed E-state index contributed by atoms with van der Waals surface area (Å²) in [5.74, 6) is -1.94. The summed E-state index contributed by atoms with van der Waals surface area (Å²) >= 11 is 1.01. The summed E-state index contributed by atoms with van der Waals surface area (Å²) in [5.41, 5.74) is 0.104. The number of aliphatic hydroxyl groups is 1. The number of carboxylic acids is 1. The number of hydrogen-bond donors (Lipinski definition) is 3. The summed E-state index contributed by atoms with van der Waals surface area (Å²) in [6, 6.07) is 0. The Bertz CT molecular complexity index is 326. The van der Waals surface area contributed by atoms with Crippen LogP contribution < -0.4 is 5.32 Å². The lowest BCUT2D eigenvalue weighted by molar-refractivity contribution is -0.146. The zero-order valence-corrected chi connectivity index (χ0v) is 7.69. The fraction of sp³-hybridized carbons (Fsp3) is 0.333. The third-order valence-electron chi connectivity index (χ3n) is 1.33. The van der Waals surface area contributed by atoms with Gasteiger partial charge >= 0.3 is 5.97 Å². The highest BCUT2D eigenvalue weighted by atomic mass is 32.1. The maximum absolute atomic E-state index is 11.1. The summed E-state index contributed by atoms with van der Waals surface area (Å²) in [6.45, 7) is -0.355.